The average Bonchev–Trinajstić information content (AvgIpc) is 2.31. The highest BCUT2D eigenvalue weighted by Crippen LogP contribution is 2.32. The van der Waals surface area contributed by atoms with E-state index in [4.69, 9.17) is 10.5 Å². The van der Waals surface area contributed by atoms with Gasteiger partial charge in [-0.1, -0.05) is 13.3 Å². The third kappa shape index (κ3) is 3.09. The maximum atomic E-state index is 6.10. The number of benzene rings is 1. The molecule has 0 bridgehead atoms. The molecule has 0 aliphatic heterocycles. The van der Waals surface area contributed by atoms with Gasteiger partial charge in [0.25, 0.3) is 0 Å². The lowest BCUT2D eigenvalue weighted by Gasteiger charge is -2.28. The molecule has 1 aromatic carbocycles. The van der Waals surface area contributed by atoms with Gasteiger partial charge in [0.15, 0.2) is 0 Å². The molecule has 0 aromatic heterocycles. The van der Waals surface area contributed by atoms with Crippen molar-refractivity contribution in [1.82, 2.24) is 0 Å². The van der Waals surface area contributed by atoms with Gasteiger partial charge < -0.3 is 15.4 Å². The van der Waals surface area contributed by atoms with Crippen LogP contribution in [0.4, 0.5) is 11.4 Å². The van der Waals surface area contributed by atoms with Gasteiger partial charge in [-0.2, -0.15) is 0 Å². The van der Waals surface area contributed by atoms with Crippen molar-refractivity contribution in [1.29, 1.82) is 0 Å². The Bertz CT molecular complexity index is 403. The second-order valence-corrected chi connectivity index (χ2v) is 5.63. The quantitative estimate of drug-likeness (QED) is 0.834. The van der Waals surface area contributed by atoms with E-state index in [0.717, 1.165) is 35.9 Å². The Morgan fingerprint density at radius 3 is 2.72 bits per heavy atom. The molecule has 2 N–H and O–H groups in total. The fourth-order valence-corrected chi connectivity index (χ4v) is 2.57. The minimum Gasteiger partial charge on any atom is -0.488 e. The molecule has 2 rings (SSSR count). The van der Waals surface area contributed by atoms with E-state index in [1.807, 2.05) is 32.3 Å². The Balaban J connectivity index is 2.10. The lowest BCUT2D eigenvalue weighted by molar-refractivity contribution is 0.130. The predicted octanol–water partition coefficient (Wildman–Crippen LogP) is 3.29. The van der Waals surface area contributed by atoms with E-state index < -0.39 is 0 Å². The fraction of sp³-hybridized carbons (Fsp3) is 0.600. The summed E-state index contributed by atoms with van der Waals surface area (Å²) in [6.45, 7) is 2.30. The topological polar surface area (TPSA) is 38.5 Å². The minimum absolute atomic E-state index is 0.327. The number of nitrogens with zero attached hydrogens (tertiary/aromatic N) is 1. The highest BCUT2D eigenvalue weighted by Gasteiger charge is 2.21. The molecule has 1 fully saturated rings. The van der Waals surface area contributed by atoms with Crippen LogP contribution >= 0.6 is 0 Å². The molecule has 0 heterocycles. The number of anilines is 2. The van der Waals surface area contributed by atoms with Crippen LogP contribution in [0.2, 0.25) is 0 Å². The summed E-state index contributed by atoms with van der Waals surface area (Å²) in [6, 6.07) is 5.98. The molecule has 3 nitrogen and oxygen atoms in total. The van der Waals surface area contributed by atoms with Crippen molar-refractivity contribution in [2.24, 2.45) is 5.92 Å². The molecule has 18 heavy (non-hydrogen) atoms. The summed E-state index contributed by atoms with van der Waals surface area (Å²) in [4.78, 5) is 2.07. The van der Waals surface area contributed by atoms with Gasteiger partial charge in [-0.3, -0.25) is 0 Å². The van der Waals surface area contributed by atoms with Crippen LogP contribution in [0.25, 0.3) is 0 Å². The zero-order valence-corrected chi connectivity index (χ0v) is 11.6. The van der Waals surface area contributed by atoms with Crippen molar-refractivity contribution in [3.8, 4) is 5.75 Å². The van der Waals surface area contributed by atoms with Crippen molar-refractivity contribution < 1.29 is 4.74 Å². The Morgan fingerprint density at radius 1 is 1.28 bits per heavy atom. The fourth-order valence-electron chi connectivity index (χ4n) is 2.57. The second-order valence-electron chi connectivity index (χ2n) is 5.63. The highest BCUT2D eigenvalue weighted by atomic mass is 16.5. The van der Waals surface area contributed by atoms with E-state index in [-0.39, 0.29) is 0 Å². The summed E-state index contributed by atoms with van der Waals surface area (Å²) < 4.78 is 6.10. The van der Waals surface area contributed by atoms with Gasteiger partial charge in [0.05, 0.1) is 11.8 Å². The standard InChI is InChI=1S/C15H24N2O/c1-11-5-4-6-13(9-11)18-15-10-12(17(2)3)7-8-14(15)16/h7-8,10-11,13H,4-6,9,16H2,1-3H3. The van der Waals surface area contributed by atoms with Gasteiger partial charge in [0.2, 0.25) is 0 Å². The third-order valence-corrected chi connectivity index (χ3v) is 3.70. The molecule has 2 atom stereocenters. The van der Waals surface area contributed by atoms with Gasteiger partial charge in [0, 0.05) is 25.8 Å². The molecule has 3 heteroatoms. The van der Waals surface area contributed by atoms with Crippen molar-refractivity contribution in [2.45, 2.75) is 38.7 Å². The Morgan fingerprint density at radius 2 is 2.06 bits per heavy atom. The van der Waals surface area contributed by atoms with Crippen molar-refractivity contribution in [2.75, 3.05) is 24.7 Å². The molecular formula is C15H24N2O. The first-order valence-corrected chi connectivity index (χ1v) is 6.79. The number of hydrogen-bond acceptors (Lipinski definition) is 3. The maximum Gasteiger partial charge on any atom is 0.144 e. The van der Waals surface area contributed by atoms with Crippen LogP contribution < -0.4 is 15.4 Å². The van der Waals surface area contributed by atoms with Gasteiger partial charge in [-0.05, 0) is 37.3 Å². The Kier molecular flexibility index (Phi) is 4.00. The monoisotopic (exact) mass is 248 g/mol. The molecular weight excluding hydrogens is 224 g/mol. The normalized spacial score (nSPS) is 23.7. The van der Waals surface area contributed by atoms with Gasteiger partial charge in [-0.15, -0.1) is 0 Å². The lowest BCUT2D eigenvalue weighted by atomic mass is 9.89. The lowest BCUT2D eigenvalue weighted by Crippen LogP contribution is -2.24. The molecule has 0 spiro atoms. The molecule has 100 valence electrons. The van der Waals surface area contributed by atoms with E-state index in [0.29, 0.717) is 6.10 Å². The summed E-state index contributed by atoms with van der Waals surface area (Å²) in [5.41, 5.74) is 7.86. The van der Waals surface area contributed by atoms with E-state index in [1.54, 1.807) is 0 Å². The molecule has 1 aromatic rings. The van der Waals surface area contributed by atoms with Crippen molar-refractivity contribution in [3.63, 3.8) is 0 Å². The van der Waals surface area contributed by atoms with Crippen LogP contribution in [0.5, 0.6) is 5.75 Å². The number of hydrogen-bond donors (Lipinski definition) is 1. The van der Waals surface area contributed by atoms with Crippen LogP contribution in [0.1, 0.15) is 32.6 Å². The first-order chi connectivity index (χ1) is 8.56. The minimum atomic E-state index is 0.327. The number of nitrogen functional groups attached to an aromatic ring is 1. The first-order valence-electron chi connectivity index (χ1n) is 6.79. The maximum absolute atomic E-state index is 6.10. The summed E-state index contributed by atoms with van der Waals surface area (Å²) in [5.74, 6) is 1.60. The molecule has 1 aliphatic rings. The number of nitrogens with two attached hydrogens (primary N) is 1. The van der Waals surface area contributed by atoms with Crippen LogP contribution in [0.15, 0.2) is 18.2 Å². The Labute approximate surface area is 110 Å². The van der Waals surface area contributed by atoms with Gasteiger partial charge in [0.1, 0.15) is 5.75 Å². The second kappa shape index (κ2) is 5.51. The summed E-state index contributed by atoms with van der Waals surface area (Å²) in [5, 5.41) is 0. The summed E-state index contributed by atoms with van der Waals surface area (Å²) >= 11 is 0. The number of rotatable bonds is 3. The predicted molar refractivity (Wildman–Crippen MR) is 77.2 cm³/mol. The number of ether oxygens (including phenoxy) is 1. The molecule has 0 radical (unpaired) electrons. The zero-order valence-electron chi connectivity index (χ0n) is 11.6. The average molecular weight is 248 g/mol. The smallest absolute Gasteiger partial charge is 0.144 e. The van der Waals surface area contributed by atoms with Crippen LogP contribution in [-0.4, -0.2) is 20.2 Å². The molecule has 1 aliphatic carbocycles. The summed E-state index contributed by atoms with van der Waals surface area (Å²) in [7, 11) is 4.05. The SMILES string of the molecule is CC1CCCC(Oc2cc(N(C)C)ccc2N)C1. The van der Waals surface area contributed by atoms with Crippen LogP contribution in [0, 0.1) is 5.92 Å². The summed E-state index contributed by atoms with van der Waals surface area (Å²) in [6.07, 6.45) is 5.21. The van der Waals surface area contributed by atoms with Crippen molar-refractivity contribution >= 4 is 11.4 Å². The van der Waals surface area contributed by atoms with Crippen molar-refractivity contribution in [3.05, 3.63) is 18.2 Å². The van der Waals surface area contributed by atoms with E-state index in [9.17, 15) is 0 Å². The molecule has 0 amide bonds. The third-order valence-electron chi connectivity index (χ3n) is 3.70. The highest BCUT2D eigenvalue weighted by molar-refractivity contribution is 5.61. The van der Waals surface area contributed by atoms with E-state index in [2.05, 4.69) is 11.8 Å². The largest absolute Gasteiger partial charge is 0.488 e. The van der Waals surface area contributed by atoms with Gasteiger partial charge >= 0.3 is 0 Å². The van der Waals surface area contributed by atoms with Gasteiger partial charge in [-0.25, -0.2) is 0 Å². The molecule has 0 saturated heterocycles. The first kappa shape index (κ1) is 13.1. The zero-order chi connectivity index (χ0) is 13.1. The van der Waals surface area contributed by atoms with E-state index >= 15 is 0 Å². The van der Waals surface area contributed by atoms with Crippen LogP contribution in [0.3, 0.4) is 0 Å². The molecule has 2 unspecified atom stereocenters. The molecule has 1 saturated carbocycles. The Hall–Kier alpha value is -1.38. The van der Waals surface area contributed by atoms with Crippen LogP contribution in [-0.2, 0) is 0 Å². The van der Waals surface area contributed by atoms with E-state index in [1.165, 1.54) is 12.8 Å².